The van der Waals surface area contributed by atoms with Crippen LogP contribution in [0.1, 0.15) is 0 Å². The Balaban J connectivity index is 2.21. The lowest BCUT2D eigenvalue weighted by Gasteiger charge is -2.11. The third-order valence-electron chi connectivity index (χ3n) is 2.81. The molecular weight excluding hydrogens is 144 g/mol. The van der Waals surface area contributed by atoms with Crippen molar-refractivity contribution in [2.75, 3.05) is 0 Å². The Morgan fingerprint density at radius 3 is 2.00 bits per heavy atom. The van der Waals surface area contributed by atoms with Gasteiger partial charge in [0.15, 0.2) is 0 Å². The third kappa shape index (κ3) is 0.672. The molecule has 0 N–H and O–H groups in total. The molecule has 58 valence electrons. The second-order valence-electron chi connectivity index (χ2n) is 3.49. The second-order valence-corrected chi connectivity index (χ2v) is 3.49. The molecule has 0 atom stereocenters. The summed E-state index contributed by atoms with van der Waals surface area (Å²) in [6.45, 7) is 0. The van der Waals surface area contributed by atoms with E-state index in [1.54, 1.807) is 0 Å². The van der Waals surface area contributed by atoms with E-state index in [-0.39, 0.29) is 0 Å². The van der Waals surface area contributed by atoms with Gasteiger partial charge in [-0.05, 0) is 11.1 Å². The van der Waals surface area contributed by atoms with E-state index in [1.165, 1.54) is 11.1 Å². The van der Waals surface area contributed by atoms with Crippen LogP contribution in [-0.2, 0) is 0 Å². The highest BCUT2D eigenvalue weighted by Crippen LogP contribution is 2.42. The molecule has 12 heavy (non-hydrogen) atoms. The maximum atomic E-state index is 2.30. The summed E-state index contributed by atoms with van der Waals surface area (Å²) in [7, 11) is 0. The smallest absolute Gasteiger partial charge is 0.0187 e. The molecule has 0 aromatic carbocycles. The Bertz CT molecular complexity index is 327. The first-order chi connectivity index (χ1) is 5.95. The highest BCUT2D eigenvalue weighted by Gasteiger charge is 2.31. The summed E-state index contributed by atoms with van der Waals surface area (Å²) in [4.78, 5) is 0. The van der Waals surface area contributed by atoms with Crippen LogP contribution in [0.15, 0.2) is 59.8 Å². The minimum absolute atomic E-state index is 0.639. The van der Waals surface area contributed by atoms with Crippen LogP contribution in [0, 0.1) is 11.8 Å². The first-order valence-electron chi connectivity index (χ1n) is 4.40. The van der Waals surface area contributed by atoms with Gasteiger partial charge < -0.3 is 0 Å². The molecule has 0 unspecified atom stereocenters. The van der Waals surface area contributed by atoms with Crippen molar-refractivity contribution >= 4 is 0 Å². The van der Waals surface area contributed by atoms with Crippen molar-refractivity contribution in [3.63, 3.8) is 0 Å². The van der Waals surface area contributed by atoms with Gasteiger partial charge >= 0.3 is 0 Å². The normalized spacial score (nSPS) is 34.7. The quantitative estimate of drug-likeness (QED) is 0.503. The number of hydrogen-bond acceptors (Lipinski definition) is 0. The average molecular weight is 154 g/mol. The molecule has 3 aliphatic carbocycles. The van der Waals surface area contributed by atoms with Gasteiger partial charge in [-0.3, -0.25) is 0 Å². The molecule has 3 aliphatic rings. The standard InChI is InChI=1S/C12H10/c1-2-4-10-6-8-11-7-5-9(3-1)12(10)11/h1-8,11-12H. The van der Waals surface area contributed by atoms with Crippen molar-refractivity contribution in [3.05, 3.63) is 59.8 Å². The molecule has 0 spiro atoms. The second kappa shape index (κ2) is 2.10. The van der Waals surface area contributed by atoms with Crippen LogP contribution in [0.4, 0.5) is 0 Å². The number of rotatable bonds is 0. The maximum Gasteiger partial charge on any atom is 0.0187 e. The largest absolute Gasteiger partial charge is 0.0764 e. The summed E-state index contributed by atoms with van der Waals surface area (Å²) < 4.78 is 0. The van der Waals surface area contributed by atoms with Gasteiger partial charge in [0.1, 0.15) is 0 Å². The SMILES string of the molecule is C1=CC=C2C=CC3C=CC(=C1)C23. The fourth-order valence-corrected chi connectivity index (χ4v) is 2.23. The van der Waals surface area contributed by atoms with Crippen molar-refractivity contribution in [1.82, 2.24) is 0 Å². The lowest BCUT2D eigenvalue weighted by molar-refractivity contribution is 0.690. The first kappa shape index (κ1) is 6.24. The van der Waals surface area contributed by atoms with Crippen molar-refractivity contribution in [2.45, 2.75) is 0 Å². The first-order valence-corrected chi connectivity index (χ1v) is 4.40. The fourth-order valence-electron chi connectivity index (χ4n) is 2.23. The van der Waals surface area contributed by atoms with Crippen molar-refractivity contribution in [3.8, 4) is 0 Å². The Morgan fingerprint density at radius 1 is 0.833 bits per heavy atom. The van der Waals surface area contributed by atoms with Gasteiger partial charge in [0.05, 0.1) is 0 Å². The number of hydrogen-bond donors (Lipinski definition) is 0. The van der Waals surface area contributed by atoms with Crippen molar-refractivity contribution in [2.24, 2.45) is 11.8 Å². The zero-order chi connectivity index (χ0) is 7.97. The molecule has 0 nitrogen and oxygen atoms in total. The zero-order valence-corrected chi connectivity index (χ0v) is 6.77. The predicted molar refractivity (Wildman–Crippen MR) is 50.6 cm³/mol. The third-order valence-corrected chi connectivity index (χ3v) is 2.81. The van der Waals surface area contributed by atoms with E-state index >= 15 is 0 Å². The monoisotopic (exact) mass is 154 g/mol. The molecule has 0 heteroatoms. The van der Waals surface area contributed by atoms with Gasteiger partial charge in [-0.15, -0.1) is 0 Å². The lowest BCUT2D eigenvalue weighted by atomic mass is 9.91. The molecule has 0 amide bonds. The Morgan fingerprint density at radius 2 is 1.42 bits per heavy atom. The lowest BCUT2D eigenvalue weighted by Crippen LogP contribution is -2.03. The van der Waals surface area contributed by atoms with Crippen LogP contribution >= 0.6 is 0 Å². The molecule has 0 heterocycles. The van der Waals surface area contributed by atoms with Crippen LogP contribution in [0.3, 0.4) is 0 Å². The molecule has 0 radical (unpaired) electrons. The summed E-state index contributed by atoms with van der Waals surface area (Å²) in [5, 5.41) is 0. The molecular formula is C12H10. The van der Waals surface area contributed by atoms with Crippen LogP contribution in [0.2, 0.25) is 0 Å². The van der Waals surface area contributed by atoms with Gasteiger partial charge in [0.25, 0.3) is 0 Å². The zero-order valence-electron chi connectivity index (χ0n) is 6.77. The molecule has 3 rings (SSSR count). The molecule has 0 fully saturated rings. The van der Waals surface area contributed by atoms with Gasteiger partial charge in [-0.1, -0.05) is 48.6 Å². The molecule has 0 saturated heterocycles. The Labute approximate surface area is 72.3 Å². The van der Waals surface area contributed by atoms with Crippen LogP contribution in [0.5, 0.6) is 0 Å². The average Bonchev–Trinajstić information content (AvgIpc) is 2.57. The Kier molecular flexibility index (Phi) is 1.09. The summed E-state index contributed by atoms with van der Waals surface area (Å²) >= 11 is 0. The maximum absolute atomic E-state index is 2.30. The van der Waals surface area contributed by atoms with Crippen LogP contribution < -0.4 is 0 Å². The van der Waals surface area contributed by atoms with Gasteiger partial charge in [0, 0.05) is 11.8 Å². The van der Waals surface area contributed by atoms with E-state index in [2.05, 4.69) is 48.6 Å². The van der Waals surface area contributed by atoms with Crippen molar-refractivity contribution in [1.29, 1.82) is 0 Å². The van der Waals surface area contributed by atoms with E-state index in [4.69, 9.17) is 0 Å². The Hall–Kier alpha value is -1.30. The summed E-state index contributed by atoms with van der Waals surface area (Å²) in [6, 6.07) is 0. The summed E-state index contributed by atoms with van der Waals surface area (Å²) in [5.41, 5.74) is 2.93. The highest BCUT2D eigenvalue weighted by atomic mass is 14.3. The molecule has 0 saturated carbocycles. The molecule has 0 bridgehead atoms. The number of allylic oxidation sites excluding steroid dienone is 10. The van der Waals surface area contributed by atoms with E-state index in [0.717, 1.165) is 0 Å². The topological polar surface area (TPSA) is 0 Å². The van der Waals surface area contributed by atoms with E-state index in [0.29, 0.717) is 11.8 Å². The van der Waals surface area contributed by atoms with E-state index < -0.39 is 0 Å². The van der Waals surface area contributed by atoms with E-state index in [1.807, 2.05) is 0 Å². The van der Waals surface area contributed by atoms with Crippen molar-refractivity contribution < 1.29 is 0 Å². The van der Waals surface area contributed by atoms with Gasteiger partial charge in [-0.2, -0.15) is 0 Å². The molecule has 0 aromatic rings. The highest BCUT2D eigenvalue weighted by molar-refractivity contribution is 5.51. The predicted octanol–water partition coefficient (Wildman–Crippen LogP) is 2.78. The van der Waals surface area contributed by atoms with E-state index in [9.17, 15) is 0 Å². The molecule has 0 aliphatic heterocycles. The fraction of sp³-hybridized carbons (Fsp3) is 0.167. The van der Waals surface area contributed by atoms with Crippen LogP contribution in [-0.4, -0.2) is 0 Å². The van der Waals surface area contributed by atoms with Gasteiger partial charge in [-0.25, -0.2) is 0 Å². The summed E-state index contributed by atoms with van der Waals surface area (Å²) in [6.07, 6.45) is 17.8. The minimum atomic E-state index is 0.639. The van der Waals surface area contributed by atoms with Gasteiger partial charge in [0.2, 0.25) is 0 Å². The summed E-state index contributed by atoms with van der Waals surface area (Å²) in [5.74, 6) is 1.28. The van der Waals surface area contributed by atoms with Crippen LogP contribution in [0.25, 0.3) is 0 Å². The molecule has 0 aromatic heterocycles. The minimum Gasteiger partial charge on any atom is -0.0764 e.